The van der Waals surface area contributed by atoms with Gasteiger partial charge in [0.2, 0.25) is 0 Å². The van der Waals surface area contributed by atoms with Crippen molar-refractivity contribution in [2.75, 3.05) is 13.2 Å². The van der Waals surface area contributed by atoms with E-state index in [1.54, 1.807) is 0 Å². The summed E-state index contributed by atoms with van der Waals surface area (Å²) in [5.41, 5.74) is 0. The van der Waals surface area contributed by atoms with E-state index in [0.29, 0.717) is 13.2 Å². The lowest BCUT2D eigenvalue weighted by atomic mass is 10.1. The van der Waals surface area contributed by atoms with Crippen LogP contribution in [0.25, 0.3) is 0 Å². The highest BCUT2D eigenvalue weighted by Crippen LogP contribution is 2.06. The molecule has 0 bridgehead atoms. The summed E-state index contributed by atoms with van der Waals surface area (Å²) in [7, 11) is 0. The van der Waals surface area contributed by atoms with Gasteiger partial charge in [0.25, 0.3) is 17.9 Å². The van der Waals surface area contributed by atoms with Crippen molar-refractivity contribution >= 4 is 29.8 Å². The van der Waals surface area contributed by atoms with Crippen molar-refractivity contribution in [2.45, 2.75) is 112 Å². The van der Waals surface area contributed by atoms with Crippen molar-refractivity contribution in [3.63, 3.8) is 0 Å². The molecular weight excluding hydrogens is 472 g/mol. The number of hydrogen-bond donors (Lipinski definition) is 3. The maximum atomic E-state index is 11.4. The van der Waals surface area contributed by atoms with Gasteiger partial charge in [-0.25, -0.2) is 9.59 Å². The van der Waals surface area contributed by atoms with Crippen LogP contribution in [0.3, 0.4) is 0 Å². The first-order chi connectivity index (χ1) is 16.9. The molecule has 0 saturated carbocycles. The second-order valence-electron chi connectivity index (χ2n) is 7.76. The SMILES string of the molecule is CC(=O)O.CC(=O)O.CC(=O)O.CCCCCCCCOC(=O)/C=C\C(=O)OCCCCCCCC. The summed E-state index contributed by atoms with van der Waals surface area (Å²) in [5, 5.41) is 22.2. The summed E-state index contributed by atoms with van der Waals surface area (Å²) < 4.78 is 10.1. The van der Waals surface area contributed by atoms with Crippen molar-refractivity contribution in [3.05, 3.63) is 12.2 Å². The summed E-state index contributed by atoms with van der Waals surface area (Å²) in [4.78, 5) is 49.9. The van der Waals surface area contributed by atoms with Crippen LogP contribution in [-0.4, -0.2) is 58.4 Å². The number of unbranched alkanes of at least 4 members (excludes halogenated alkanes) is 10. The molecule has 0 fully saturated rings. The second kappa shape index (κ2) is 34.3. The molecule has 10 nitrogen and oxygen atoms in total. The zero-order valence-corrected chi connectivity index (χ0v) is 22.8. The fourth-order valence-corrected chi connectivity index (χ4v) is 2.34. The maximum Gasteiger partial charge on any atom is 0.331 e. The Morgan fingerprint density at radius 1 is 0.500 bits per heavy atom. The predicted molar refractivity (Wildman–Crippen MR) is 138 cm³/mol. The van der Waals surface area contributed by atoms with Crippen molar-refractivity contribution < 1.29 is 48.8 Å². The molecule has 0 aromatic rings. The van der Waals surface area contributed by atoms with Gasteiger partial charge in [0, 0.05) is 32.9 Å². The van der Waals surface area contributed by atoms with Gasteiger partial charge < -0.3 is 24.8 Å². The van der Waals surface area contributed by atoms with E-state index < -0.39 is 29.8 Å². The Hall–Kier alpha value is -2.91. The molecule has 0 heterocycles. The van der Waals surface area contributed by atoms with E-state index in [-0.39, 0.29) is 0 Å². The van der Waals surface area contributed by atoms with E-state index in [1.165, 1.54) is 51.4 Å². The first-order valence-electron chi connectivity index (χ1n) is 12.5. The Balaban J connectivity index is -0.000000352. The Kier molecular flexibility index (Phi) is 38.3. The number of ether oxygens (including phenoxy) is 2. The summed E-state index contributed by atoms with van der Waals surface area (Å²) >= 11 is 0. The number of aliphatic carboxylic acids is 3. The Morgan fingerprint density at radius 3 is 0.972 bits per heavy atom. The molecule has 3 N–H and O–H groups in total. The van der Waals surface area contributed by atoms with Crippen LogP contribution in [0.5, 0.6) is 0 Å². The van der Waals surface area contributed by atoms with E-state index in [9.17, 15) is 9.59 Å². The van der Waals surface area contributed by atoms with Gasteiger partial charge in [-0.1, -0.05) is 78.1 Å². The molecule has 0 atom stereocenters. The normalized spacial score (nSPS) is 9.36. The molecule has 0 radical (unpaired) electrons. The first-order valence-corrected chi connectivity index (χ1v) is 12.5. The van der Waals surface area contributed by atoms with Crippen LogP contribution in [0.1, 0.15) is 112 Å². The molecule has 0 spiro atoms. The van der Waals surface area contributed by atoms with Crippen molar-refractivity contribution in [3.8, 4) is 0 Å². The zero-order valence-electron chi connectivity index (χ0n) is 22.8. The largest absolute Gasteiger partial charge is 0.481 e. The van der Waals surface area contributed by atoms with Crippen LogP contribution in [0.15, 0.2) is 12.2 Å². The molecule has 212 valence electrons. The predicted octanol–water partition coefficient (Wildman–Crippen LogP) is 5.62. The molecule has 0 amide bonds. The zero-order chi connectivity index (χ0) is 28.6. The van der Waals surface area contributed by atoms with Gasteiger partial charge in [0.05, 0.1) is 13.2 Å². The van der Waals surface area contributed by atoms with Crippen molar-refractivity contribution in [1.29, 1.82) is 0 Å². The summed E-state index contributed by atoms with van der Waals surface area (Å²) in [6, 6.07) is 0. The lowest BCUT2D eigenvalue weighted by molar-refractivity contribution is -0.140. The number of hydrogen-bond acceptors (Lipinski definition) is 7. The number of carboxylic acids is 3. The molecule has 10 heteroatoms. The highest BCUT2D eigenvalue weighted by atomic mass is 16.5. The summed E-state index contributed by atoms with van der Waals surface area (Å²) in [6.07, 6.45) is 16.1. The van der Waals surface area contributed by atoms with Crippen LogP contribution < -0.4 is 0 Å². The molecule has 0 aliphatic heterocycles. The second-order valence-corrected chi connectivity index (χ2v) is 7.76. The van der Waals surface area contributed by atoms with Crippen molar-refractivity contribution in [2.24, 2.45) is 0 Å². The lowest BCUT2D eigenvalue weighted by Crippen LogP contribution is -2.06. The molecule has 0 aliphatic rings. The van der Waals surface area contributed by atoms with Crippen LogP contribution in [0.4, 0.5) is 0 Å². The lowest BCUT2D eigenvalue weighted by Gasteiger charge is -2.03. The minimum atomic E-state index is -0.833. The standard InChI is InChI=1S/C20H36O4.3C2H4O2/c1-3-5-7-9-11-13-17-23-19(21)15-16-20(22)24-18-14-12-10-8-6-4-2;3*1-2(3)4/h15-16H,3-14,17-18H2,1-2H3;3*1H3,(H,3,4)/b16-15-;;;. The molecule has 0 aromatic heterocycles. The van der Waals surface area contributed by atoms with E-state index >= 15 is 0 Å². The molecule has 0 aromatic carbocycles. The number of esters is 2. The van der Waals surface area contributed by atoms with Crippen LogP contribution in [0.2, 0.25) is 0 Å². The van der Waals surface area contributed by atoms with Gasteiger partial charge in [0.1, 0.15) is 0 Å². The Labute approximate surface area is 216 Å². The molecule has 0 unspecified atom stereocenters. The maximum absolute atomic E-state index is 11.4. The topological polar surface area (TPSA) is 164 Å². The van der Waals surface area contributed by atoms with Gasteiger partial charge in [-0.3, -0.25) is 14.4 Å². The van der Waals surface area contributed by atoms with Gasteiger partial charge in [0.15, 0.2) is 0 Å². The fraction of sp³-hybridized carbons (Fsp3) is 0.731. The number of rotatable bonds is 16. The third-order valence-corrected chi connectivity index (χ3v) is 3.84. The Morgan fingerprint density at radius 2 is 0.722 bits per heavy atom. The monoisotopic (exact) mass is 520 g/mol. The Bertz CT molecular complexity index is 513. The number of carbonyl (C=O) groups is 5. The average Bonchev–Trinajstić information content (AvgIpc) is 2.75. The molecule has 0 aliphatic carbocycles. The van der Waals surface area contributed by atoms with Crippen LogP contribution in [-0.2, 0) is 33.4 Å². The first kappa shape index (κ1) is 40.3. The van der Waals surface area contributed by atoms with E-state index in [2.05, 4.69) is 13.8 Å². The third-order valence-electron chi connectivity index (χ3n) is 3.84. The molecule has 36 heavy (non-hydrogen) atoms. The van der Waals surface area contributed by atoms with Crippen molar-refractivity contribution in [1.82, 2.24) is 0 Å². The molecule has 0 rings (SSSR count). The number of carbonyl (C=O) groups excluding carboxylic acids is 2. The van der Waals surface area contributed by atoms with Crippen LogP contribution >= 0.6 is 0 Å². The average molecular weight is 521 g/mol. The summed E-state index contributed by atoms with van der Waals surface area (Å²) in [6.45, 7) is 8.46. The molecular formula is C26H48O10. The van der Waals surface area contributed by atoms with Crippen LogP contribution in [0, 0.1) is 0 Å². The van der Waals surface area contributed by atoms with Gasteiger partial charge in [-0.15, -0.1) is 0 Å². The fourth-order valence-electron chi connectivity index (χ4n) is 2.34. The quantitative estimate of drug-likeness (QED) is 0.132. The van der Waals surface area contributed by atoms with Gasteiger partial charge in [-0.2, -0.15) is 0 Å². The highest BCUT2D eigenvalue weighted by Gasteiger charge is 2.01. The summed E-state index contributed by atoms with van der Waals surface area (Å²) in [5.74, 6) is -3.44. The van der Waals surface area contributed by atoms with E-state index in [1.807, 2.05) is 0 Å². The van der Waals surface area contributed by atoms with Gasteiger partial charge >= 0.3 is 11.9 Å². The molecule has 0 saturated heterocycles. The van der Waals surface area contributed by atoms with E-state index in [4.69, 9.17) is 39.2 Å². The highest BCUT2D eigenvalue weighted by molar-refractivity contribution is 5.91. The smallest absolute Gasteiger partial charge is 0.331 e. The minimum absolute atomic E-state index is 0.419. The number of carboxylic acid groups (broad SMARTS) is 3. The van der Waals surface area contributed by atoms with Gasteiger partial charge in [-0.05, 0) is 12.8 Å². The third kappa shape index (κ3) is 69.7. The minimum Gasteiger partial charge on any atom is -0.481 e. The van der Waals surface area contributed by atoms with E-state index in [0.717, 1.165) is 58.6 Å².